The fraction of sp³-hybridized carbons (Fsp3) is 0. The summed E-state index contributed by atoms with van der Waals surface area (Å²) < 4.78 is 0. The zero-order valence-electron chi connectivity index (χ0n) is 17.2. The van der Waals surface area contributed by atoms with Crippen LogP contribution in [0.3, 0.4) is 0 Å². The average Bonchev–Trinajstić information content (AvgIpc) is 3.23. The highest BCUT2D eigenvalue weighted by Gasteiger charge is 2.16. The van der Waals surface area contributed by atoms with E-state index in [2.05, 4.69) is 20.5 Å². The molecule has 2 N–H and O–H groups in total. The Bertz CT molecular complexity index is 1520. The van der Waals surface area contributed by atoms with Gasteiger partial charge in [-0.1, -0.05) is 48.5 Å². The maximum Gasteiger partial charge on any atom is 0.289 e. The molecule has 3 aromatic carbocycles. The van der Waals surface area contributed by atoms with Gasteiger partial charge < -0.3 is 4.98 Å². The maximum atomic E-state index is 12.9. The van der Waals surface area contributed by atoms with E-state index in [1.54, 1.807) is 18.2 Å². The van der Waals surface area contributed by atoms with Crippen LogP contribution in [0.15, 0.2) is 90.0 Å². The number of non-ortho nitro benzene ring substituents is 1. The SMILES string of the molecule is O=C(N/N=C/c1ccc([N+](=O)[O-])cc1)c1cc2c([nH]c3ccccc32)c(-c2ccccc2)n1. The third-order valence-electron chi connectivity index (χ3n) is 5.26. The first-order chi connectivity index (χ1) is 16.1. The summed E-state index contributed by atoms with van der Waals surface area (Å²) in [4.78, 5) is 31.2. The summed E-state index contributed by atoms with van der Waals surface area (Å²) in [5.41, 5.74) is 6.70. The molecule has 0 saturated heterocycles. The monoisotopic (exact) mass is 435 g/mol. The second-order valence-electron chi connectivity index (χ2n) is 7.36. The van der Waals surface area contributed by atoms with Crippen LogP contribution in [0.5, 0.6) is 0 Å². The Morgan fingerprint density at radius 1 is 0.970 bits per heavy atom. The van der Waals surface area contributed by atoms with Crippen molar-refractivity contribution in [2.24, 2.45) is 5.10 Å². The number of carbonyl (C=O) groups excluding carboxylic acids is 1. The van der Waals surface area contributed by atoms with Gasteiger partial charge in [0.15, 0.2) is 0 Å². The topological polar surface area (TPSA) is 113 Å². The first kappa shape index (κ1) is 20.1. The van der Waals surface area contributed by atoms with Gasteiger partial charge in [-0.05, 0) is 29.8 Å². The van der Waals surface area contributed by atoms with Gasteiger partial charge in [0.2, 0.25) is 0 Å². The second-order valence-corrected chi connectivity index (χ2v) is 7.36. The number of hydrazone groups is 1. The molecule has 5 rings (SSSR count). The van der Waals surface area contributed by atoms with Gasteiger partial charge in [-0.2, -0.15) is 5.10 Å². The van der Waals surface area contributed by atoms with Gasteiger partial charge in [0.25, 0.3) is 11.6 Å². The van der Waals surface area contributed by atoms with Crippen LogP contribution in [-0.4, -0.2) is 27.0 Å². The number of para-hydroxylation sites is 1. The van der Waals surface area contributed by atoms with Crippen LogP contribution in [0.1, 0.15) is 16.1 Å². The lowest BCUT2D eigenvalue weighted by Crippen LogP contribution is -2.19. The number of benzene rings is 3. The van der Waals surface area contributed by atoms with Gasteiger partial charge in [0, 0.05) is 34.0 Å². The lowest BCUT2D eigenvalue weighted by Gasteiger charge is -2.07. The molecule has 2 heterocycles. The lowest BCUT2D eigenvalue weighted by molar-refractivity contribution is -0.384. The largest absolute Gasteiger partial charge is 0.353 e. The van der Waals surface area contributed by atoms with E-state index in [0.29, 0.717) is 11.3 Å². The van der Waals surface area contributed by atoms with Crippen LogP contribution in [0.2, 0.25) is 0 Å². The maximum absolute atomic E-state index is 12.9. The quantitative estimate of drug-likeness (QED) is 0.228. The molecule has 0 aliphatic carbocycles. The van der Waals surface area contributed by atoms with E-state index >= 15 is 0 Å². The molecule has 5 aromatic rings. The van der Waals surface area contributed by atoms with Gasteiger partial charge in [-0.25, -0.2) is 10.4 Å². The molecule has 0 bridgehead atoms. The number of rotatable bonds is 5. The van der Waals surface area contributed by atoms with Crippen LogP contribution in [0.25, 0.3) is 33.1 Å². The molecule has 0 fully saturated rings. The Balaban J connectivity index is 1.50. The molecule has 160 valence electrons. The van der Waals surface area contributed by atoms with E-state index in [1.807, 2.05) is 54.6 Å². The van der Waals surface area contributed by atoms with Crippen LogP contribution >= 0.6 is 0 Å². The van der Waals surface area contributed by atoms with Crippen molar-refractivity contribution in [3.05, 3.63) is 106 Å². The molecule has 1 amide bonds. The van der Waals surface area contributed by atoms with Crippen LogP contribution < -0.4 is 5.43 Å². The molecular formula is C25H17N5O3. The summed E-state index contributed by atoms with van der Waals surface area (Å²) in [6.07, 6.45) is 1.42. The average molecular weight is 435 g/mol. The number of nitro benzene ring substituents is 1. The molecule has 0 saturated carbocycles. The molecule has 0 aliphatic rings. The van der Waals surface area contributed by atoms with Gasteiger partial charge in [-0.15, -0.1) is 0 Å². The summed E-state index contributed by atoms with van der Waals surface area (Å²) in [5, 5.41) is 16.6. The molecule has 33 heavy (non-hydrogen) atoms. The highest BCUT2D eigenvalue weighted by Crippen LogP contribution is 2.32. The van der Waals surface area contributed by atoms with Crippen molar-refractivity contribution in [2.75, 3.05) is 0 Å². The highest BCUT2D eigenvalue weighted by atomic mass is 16.6. The lowest BCUT2D eigenvalue weighted by atomic mass is 10.1. The standard InChI is InChI=1S/C25H17N5O3/c31-25(29-26-15-16-10-12-18(13-11-16)30(32)33)22-14-20-19-8-4-5-9-21(19)27-24(20)23(28-22)17-6-2-1-3-7-17/h1-15,27H,(H,29,31)/b26-15+. The first-order valence-corrected chi connectivity index (χ1v) is 10.1. The van der Waals surface area contributed by atoms with Gasteiger partial charge in [0.05, 0.1) is 22.3 Å². The molecule has 8 heteroatoms. The van der Waals surface area contributed by atoms with E-state index in [1.165, 1.54) is 18.3 Å². The minimum absolute atomic E-state index is 0.0131. The molecule has 0 radical (unpaired) electrons. The van der Waals surface area contributed by atoms with Crippen molar-refractivity contribution in [2.45, 2.75) is 0 Å². The molecular weight excluding hydrogens is 418 g/mol. The van der Waals surface area contributed by atoms with Crippen LogP contribution in [0.4, 0.5) is 5.69 Å². The molecule has 8 nitrogen and oxygen atoms in total. The van der Waals surface area contributed by atoms with Crippen molar-refractivity contribution in [3.8, 4) is 11.3 Å². The minimum Gasteiger partial charge on any atom is -0.353 e. The molecule has 2 aromatic heterocycles. The Hall–Kier alpha value is -4.85. The Morgan fingerprint density at radius 3 is 2.45 bits per heavy atom. The van der Waals surface area contributed by atoms with E-state index in [9.17, 15) is 14.9 Å². The Kier molecular flexibility index (Phi) is 5.08. The fourth-order valence-corrected chi connectivity index (χ4v) is 3.67. The molecule has 0 aliphatic heterocycles. The van der Waals surface area contributed by atoms with E-state index < -0.39 is 10.8 Å². The summed E-state index contributed by atoms with van der Waals surface area (Å²) in [6.45, 7) is 0. The number of hydrogen-bond donors (Lipinski definition) is 2. The molecule has 0 atom stereocenters. The summed E-state index contributed by atoms with van der Waals surface area (Å²) >= 11 is 0. The third-order valence-corrected chi connectivity index (χ3v) is 5.26. The van der Waals surface area contributed by atoms with Crippen molar-refractivity contribution in [1.29, 1.82) is 0 Å². The number of hydrogen-bond acceptors (Lipinski definition) is 5. The fourth-order valence-electron chi connectivity index (χ4n) is 3.67. The minimum atomic E-state index is -0.473. The highest BCUT2D eigenvalue weighted by molar-refractivity contribution is 6.13. The predicted octanol–water partition coefficient (Wildman–Crippen LogP) is 5.06. The van der Waals surface area contributed by atoms with E-state index in [0.717, 1.165) is 27.4 Å². The normalized spacial score (nSPS) is 11.3. The Morgan fingerprint density at radius 2 is 1.70 bits per heavy atom. The number of nitrogens with zero attached hydrogens (tertiary/aromatic N) is 3. The Labute approximate surface area is 187 Å². The first-order valence-electron chi connectivity index (χ1n) is 10.1. The number of fused-ring (bicyclic) bond motifs is 3. The van der Waals surface area contributed by atoms with E-state index in [4.69, 9.17) is 0 Å². The van der Waals surface area contributed by atoms with Gasteiger partial charge >= 0.3 is 0 Å². The van der Waals surface area contributed by atoms with E-state index in [-0.39, 0.29) is 11.4 Å². The van der Waals surface area contributed by atoms with Gasteiger partial charge in [-0.3, -0.25) is 14.9 Å². The van der Waals surface area contributed by atoms with Gasteiger partial charge in [0.1, 0.15) is 5.69 Å². The van der Waals surface area contributed by atoms with Crippen molar-refractivity contribution in [3.63, 3.8) is 0 Å². The number of pyridine rings is 1. The van der Waals surface area contributed by atoms with Crippen LogP contribution in [0, 0.1) is 10.1 Å². The summed E-state index contributed by atoms with van der Waals surface area (Å²) in [7, 11) is 0. The summed E-state index contributed by atoms with van der Waals surface area (Å²) in [5.74, 6) is -0.461. The van der Waals surface area contributed by atoms with Crippen molar-refractivity contribution >= 4 is 39.6 Å². The van der Waals surface area contributed by atoms with Crippen molar-refractivity contribution in [1.82, 2.24) is 15.4 Å². The number of aromatic nitrogens is 2. The smallest absolute Gasteiger partial charge is 0.289 e. The number of H-pyrrole nitrogens is 1. The summed E-state index contributed by atoms with van der Waals surface area (Å²) in [6, 6.07) is 25.2. The van der Waals surface area contributed by atoms with Crippen LogP contribution in [-0.2, 0) is 0 Å². The zero-order chi connectivity index (χ0) is 22.8. The second kappa shape index (κ2) is 8.35. The molecule has 0 unspecified atom stereocenters. The number of carbonyl (C=O) groups is 1. The number of aromatic amines is 1. The molecule has 0 spiro atoms. The zero-order valence-corrected chi connectivity index (χ0v) is 17.2. The number of nitro groups is 1. The predicted molar refractivity (Wildman–Crippen MR) is 127 cm³/mol. The number of amides is 1. The number of nitrogens with one attached hydrogen (secondary N) is 2. The van der Waals surface area contributed by atoms with Crippen molar-refractivity contribution < 1.29 is 9.72 Å². The third kappa shape index (κ3) is 3.92.